The molecule has 1 fully saturated rings. The lowest BCUT2D eigenvalue weighted by Crippen LogP contribution is -2.34. The number of nitrogens with zero attached hydrogens (tertiary/aromatic N) is 3. The maximum Gasteiger partial charge on any atom is 0.149 e. The van der Waals surface area contributed by atoms with E-state index in [1.165, 1.54) is 5.75 Å². The average Bonchev–Trinajstić information content (AvgIpc) is 2.33. The van der Waals surface area contributed by atoms with Crippen LogP contribution >= 0.6 is 27.7 Å². The first-order chi connectivity index (χ1) is 8.13. The Hall–Kier alpha value is -0.330. The summed E-state index contributed by atoms with van der Waals surface area (Å²) in [5, 5.41) is 0. The third-order valence-corrected chi connectivity index (χ3v) is 4.88. The normalized spacial score (nSPS) is 21.7. The molecule has 0 radical (unpaired) electrons. The van der Waals surface area contributed by atoms with Crippen LogP contribution in [0.4, 0.5) is 5.82 Å². The van der Waals surface area contributed by atoms with Gasteiger partial charge in [0.05, 0.1) is 16.2 Å². The lowest BCUT2D eigenvalue weighted by molar-refractivity contribution is 0.264. The highest BCUT2D eigenvalue weighted by atomic mass is 79.9. The summed E-state index contributed by atoms with van der Waals surface area (Å²) >= 11 is 5.40. The van der Waals surface area contributed by atoms with Crippen molar-refractivity contribution in [3.63, 3.8) is 0 Å². The molecular weight excluding hydrogens is 300 g/mol. The Bertz CT molecular complexity index is 413. The third kappa shape index (κ3) is 2.74. The molecule has 2 N–H and O–H groups in total. The van der Waals surface area contributed by atoms with Gasteiger partial charge < -0.3 is 5.73 Å². The molecule has 2 heterocycles. The summed E-state index contributed by atoms with van der Waals surface area (Å²) in [5.74, 6) is 3.63. The van der Waals surface area contributed by atoms with E-state index in [2.05, 4.69) is 44.8 Å². The number of aryl methyl sites for hydroxylation is 1. The molecule has 1 aromatic heterocycles. The van der Waals surface area contributed by atoms with Crippen LogP contribution < -0.4 is 5.73 Å². The molecule has 0 bridgehead atoms. The van der Waals surface area contributed by atoms with E-state index >= 15 is 0 Å². The van der Waals surface area contributed by atoms with Crippen LogP contribution in [0.15, 0.2) is 4.47 Å². The highest BCUT2D eigenvalue weighted by molar-refractivity contribution is 9.10. The second-order valence-corrected chi connectivity index (χ2v) is 6.10. The SMILES string of the molecule is CCc1nc(C2CSCCN2C)nc(N)c1Br. The molecule has 2 rings (SSSR count). The van der Waals surface area contributed by atoms with Crippen LogP contribution in [0.1, 0.15) is 24.5 Å². The molecule has 6 heteroatoms. The first-order valence-corrected chi connectivity index (χ1v) is 7.68. The second kappa shape index (κ2) is 5.54. The Kier molecular flexibility index (Phi) is 4.27. The van der Waals surface area contributed by atoms with E-state index in [4.69, 9.17) is 5.73 Å². The lowest BCUT2D eigenvalue weighted by atomic mass is 10.2. The standard InChI is InChI=1S/C11H17BrN4S/c1-3-7-9(12)10(13)15-11(14-7)8-6-17-5-4-16(8)2/h8H,3-6H2,1-2H3,(H2,13,14,15). The summed E-state index contributed by atoms with van der Waals surface area (Å²) in [4.78, 5) is 11.4. The van der Waals surface area contributed by atoms with E-state index in [9.17, 15) is 0 Å². The van der Waals surface area contributed by atoms with Crippen LogP contribution in [0.5, 0.6) is 0 Å². The summed E-state index contributed by atoms with van der Waals surface area (Å²) in [6.45, 7) is 3.16. The van der Waals surface area contributed by atoms with Gasteiger partial charge in [-0.3, -0.25) is 4.90 Å². The van der Waals surface area contributed by atoms with Crippen LogP contribution in [0.25, 0.3) is 0 Å². The molecule has 0 saturated carbocycles. The van der Waals surface area contributed by atoms with Gasteiger partial charge in [0, 0.05) is 18.1 Å². The minimum atomic E-state index is 0.287. The Morgan fingerprint density at radius 1 is 1.53 bits per heavy atom. The Morgan fingerprint density at radius 3 is 2.94 bits per heavy atom. The molecular formula is C11H17BrN4S. The van der Waals surface area contributed by atoms with Gasteiger partial charge in [0.1, 0.15) is 11.6 Å². The van der Waals surface area contributed by atoms with E-state index < -0.39 is 0 Å². The van der Waals surface area contributed by atoms with Gasteiger partial charge >= 0.3 is 0 Å². The number of nitrogens with two attached hydrogens (primary N) is 1. The number of nitrogen functional groups attached to an aromatic ring is 1. The number of rotatable bonds is 2. The summed E-state index contributed by atoms with van der Waals surface area (Å²) in [6, 6.07) is 0.287. The van der Waals surface area contributed by atoms with Crippen LogP contribution in [-0.2, 0) is 6.42 Å². The zero-order valence-electron chi connectivity index (χ0n) is 10.1. The van der Waals surface area contributed by atoms with Gasteiger partial charge in [-0.05, 0) is 29.4 Å². The fourth-order valence-corrected chi connectivity index (χ4v) is 3.54. The van der Waals surface area contributed by atoms with E-state index in [1.807, 2.05) is 11.8 Å². The number of thioether (sulfide) groups is 1. The molecule has 0 spiro atoms. The van der Waals surface area contributed by atoms with Gasteiger partial charge in [-0.25, -0.2) is 9.97 Å². The molecule has 1 saturated heterocycles. The lowest BCUT2D eigenvalue weighted by Gasteiger charge is -2.31. The maximum absolute atomic E-state index is 5.93. The molecule has 17 heavy (non-hydrogen) atoms. The molecule has 0 aromatic carbocycles. The van der Waals surface area contributed by atoms with Crippen molar-refractivity contribution in [2.24, 2.45) is 0 Å². The molecule has 1 atom stereocenters. The van der Waals surface area contributed by atoms with Crippen LogP contribution in [0.2, 0.25) is 0 Å². The molecule has 94 valence electrons. The van der Waals surface area contributed by atoms with Crippen molar-refractivity contribution in [2.45, 2.75) is 19.4 Å². The van der Waals surface area contributed by atoms with Crippen molar-refractivity contribution < 1.29 is 0 Å². The van der Waals surface area contributed by atoms with Crippen LogP contribution in [0, 0.1) is 0 Å². The molecule has 0 amide bonds. The number of anilines is 1. The quantitative estimate of drug-likeness (QED) is 0.905. The monoisotopic (exact) mass is 316 g/mol. The van der Waals surface area contributed by atoms with Gasteiger partial charge in [0.2, 0.25) is 0 Å². The largest absolute Gasteiger partial charge is 0.383 e. The van der Waals surface area contributed by atoms with Gasteiger partial charge in [0.25, 0.3) is 0 Å². The summed E-state index contributed by atoms with van der Waals surface area (Å²) < 4.78 is 0.842. The maximum atomic E-state index is 5.93. The third-order valence-electron chi connectivity index (χ3n) is 2.99. The molecule has 1 aliphatic rings. The fraction of sp³-hybridized carbons (Fsp3) is 0.636. The van der Waals surface area contributed by atoms with Crippen molar-refractivity contribution in [3.05, 3.63) is 16.0 Å². The molecule has 4 nitrogen and oxygen atoms in total. The van der Waals surface area contributed by atoms with Crippen molar-refractivity contribution in [1.29, 1.82) is 0 Å². The average molecular weight is 317 g/mol. The molecule has 0 aliphatic carbocycles. The van der Waals surface area contributed by atoms with Crippen LogP contribution in [-0.4, -0.2) is 40.0 Å². The number of hydrogen-bond donors (Lipinski definition) is 1. The highest BCUT2D eigenvalue weighted by Crippen LogP contribution is 2.29. The van der Waals surface area contributed by atoms with Crippen molar-refractivity contribution in [1.82, 2.24) is 14.9 Å². The zero-order chi connectivity index (χ0) is 12.4. The predicted molar refractivity (Wildman–Crippen MR) is 76.2 cm³/mol. The van der Waals surface area contributed by atoms with Gasteiger partial charge in [-0.2, -0.15) is 11.8 Å². The fourth-order valence-electron chi connectivity index (χ4n) is 1.87. The topological polar surface area (TPSA) is 55.0 Å². The van der Waals surface area contributed by atoms with Gasteiger partial charge in [0.15, 0.2) is 0 Å². The summed E-state index contributed by atoms with van der Waals surface area (Å²) in [5.41, 5.74) is 6.92. The van der Waals surface area contributed by atoms with E-state index in [0.29, 0.717) is 5.82 Å². The smallest absolute Gasteiger partial charge is 0.149 e. The van der Waals surface area contributed by atoms with E-state index in [-0.39, 0.29) is 6.04 Å². The van der Waals surface area contributed by atoms with Crippen LogP contribution in [0.3, 0.4) is 0 Å². The van der Waals surface area contributed by atoms with Gasteiger partial charge in [-0.15, -0.1) is 0 Å². The molecule has 1 aromatic rings. The Morgan fingerprint density at radius 2 is 2.29 bits per heavy atom. The summed E-state index contributed by atoms with van der Waals surface area (Å²) in [6.07, 6.45) is 0.865. The Balaban J connectivity index is 2.34. The van der Waals surface area contributed by atoms with Crippen molar-refractivity contribution in [2.75, 3.05) is 30.8 Å². The van der Waals surface area contributed by atoms with E-state index in [0.717, 1.165) is 34.7 Å². The Labute approximate surface area is 115 Å². The van der Waals surface area contributed by atoms with E-state index in [1.54, 1.807) is 0 Å². The second-order valence-electron chi connectivity index (χ2n) is 4.15. The number of aromatic nitrogens is 2. The van der Waals surface area contributed by atoms with Gasteiger partial charge in [-0.1, -0.05) is 6.92 Å². The van der Waals surface area contributed by atoms with Crippen molar-refractivity contribution in [3.8, 4) is 0 Å². The first-order valence-electron chi connectivity index (χ1n) is 5.73. The molecule has 1 aliphatic heterocycles. The minimum absolute atomic E-state index is 0.287. The number of hydrogen-bond acceptors (Lipinski definition) is 5. The van der Waals surface area contributed by atoms with Crippen molar-refractivity contribution >= 4 is 33.5 Å². The summed E-state index contributed by atoms with van der Waals surface area (Å²) in [7, 11) is 2.12. The highest BCUT2D eigenvalue weighted by Gasteiger charge is 2.24. The zero-order valence-corrected chi connectivity index (χ0v) is 12.5. The minimum Gasteiger partial charge on any atom is -0.383 e. The first kappa shape index (κ1) is 13.1. The number of halogens is 1. The predicted octanol–water partition coefficient (Wildman–Crippen LogP) is 2.10. The molecule has 1 unspecified atom stereocenters.